The molecule has 6 heteroatoms. The molecular weight excluding hydrogens is 301 g/mol. The second kappa shape index (κ2) is 7.33. The van der Waals surface area contributed by atoms with E-state index in [9.17, 15) is 4.79 Å². The third-order valence-corrected chi connectivity index (χ3v) is 3.34. The van der Waals surface area contributed by atoms with E-state index < -0.39 is 0 Å². The highest BCUT2D eigenvalue weighted by molar-refractivity contribution is 6.42. The van der Waals surface area contributed by atoms with Gasteiger partial charge in [0.25, 0.3) is 5.91 Å². The molecule has 0 aliphatic rings. The van der Waals surface area contributed by atoms with Crippen molar-refractivity contribution in [2.75, 3.05) is 6.61 Å². The van der Waals surface area contributed by atoms with Crippen LogP contribution in [-0.4, -0.2) is 12.5 Å². The van der Waals surface area contributed by atoms with Crippen LogP contribution in [0, 0.1) is 0 Å². The van der Waals surface area contributed by atoms with Crippen molar-refractivity contribution in [2.45, 2.75) is 12.8 Å². The number of benzene rings is 1. The Bertz CT molecular complexity index is 570. The van der Waals surface area contributed by atoms with Gasteiger partial charge in [0.15, 0.2) is 0 Å². The summed E-state index contributed by atoms with van der Waals surface area (Å²) < 4.78 is 5.18. The number of amides is 1. The molecule has 20 heavy (non-hydrogen) atoms. The van der Waals surface area contributed by atoms with E-state index in [1.165, 1.54) is 6.07 Å². The largest absolute Gasteiger partial charge is 0.469 e. The molecule has 0 bridgehead atoms. The summed E-state index contributed by atoms with van der Waals surface area (Å²) in [5.41, 5.74) is 2.75. The second-order valence-electron chi connectivity index (χ2n) is 4.09. The van der Waals surface area contributed by atoms with Gasteiger partial charge in [0, 0.05) is 12.0 Å². The van der Waals surface area contributed by atoms with Crippen molar-refractivity contribution < 1.29 is 14.0 Å². The standard InChI is InChI=1S/C14H13Cl2NO3/c15-12-6-5-10(9-13(12)16)14(18)17-20-8-2-4-11-3-1-7-19-11/h1,3,5-7,9H,2,4,8H2,(H,17,18). The van der Waals surface area contributed by atoms with Crippen molar-refractivity contribution in [3.05, 3.63) is 58.0 Å². The van der Waals surface area contributed by atoms with Crippen molar-refractivity contribution in [1.29, 1.82) is 0 Å². The van der Waals surface area contributed by atoms with Gasteiger partial charge in [-0.05, 0) is 36.8 Å². The number of rotatable bonds is 6. The van der Waals surface area contributed by atoms with Crippen LogP contribution in [0.25, 0.3) is 0 Å². The lowest BCUT2D eigenvalue weighted by atomic mass is 10.2. The van der Waals surface area contributed by atoms with Gasteiger partial charge in [0.05, 0.1) is 22.9 Å². The quantitative estimate of drug-likeness (QED) is 0.650. The van der Waals surface area contributed by atoms with Gasteiger partial charge in [-0.15, -0.1) is 0 Å². The molecule has 1 aromatic carbocycles. The van der Waals surface area contributed by atoms with E-state index in [0.717, 1.165) is 18.6 Å². The van der Waals surface area contributed by atoms with Gasteiger partial charge >= 0.3 is 0 Å². The normalized spacial score (nSPS) is 10.5. The Hall–Kier alpha value is -1.49. The molecule has 1 heterocycles. The summed E-state index contributed by atoms with van der Waals surface area (Å²) in [4.78, 5) is 16.8. The SMILES string of the molecule is O=C(NOCCCc1ccco1)c1ccc(Cl)c(Cl)c1. The first kappa shape index (κ1) is 14.9. The van der Waals surface area contributed by atoms with Gasteiger partial charge in [0.2, 0.25) is 0 Å². The summed E-state index contributed by atoms with van der Waals surface area (Å²) in [6.45, 7) is 0.397. The Morgan fingerprint density at radius 3 is 2.80 bits per heavy atom. The molecule has 0 saturated carbocycles. The summed E-state index contributed by atoms with van der Waals surface area (Å²) in [5, 5.41) is 0.736. The molecule has 4 nitrogen and oxygen atoms in total. The van der Waals surface area contributed by atoms with Crippen molar-refractivity contribution in [1.82, 2.24) is 5.48 Å². The summed E-state index contributed by atoms with van der Waals surface area (Å²) in [7, 11) is 0. The zero-order chi connectivity index (χ0) is 14.4. The first-order valence-corrected chi connectivity index (χ1v) is 6.82. The summed E-state index contributed by atoms with van der Waals surface area (Å²) in [5.74, 6) is 0.533. The molecule has 2 aromatic rings. The van der Waals surface area contributed by atoms with Gasteiger partial charge in [0.1, 0.15) is 5.76 Å². The monoisotopic (exact) mass is 313 g/mol. The number of hydrogen-bond acceptors (Lipinski definition) is 3. The Labute approximate surface area is 126 Å². The topological polar surface area (TPSA) is 51.5 Å². The zero-order valence-electron chi connectivity index (χ0n) is 10.6. The van der Waals surface area contributed by atoms with Crippen molar-refractivity contribution in [3.63, 3.8) is 0 Å². The van der Waals surface area contributed by atoms with E-state index in [1.807, 2.05) is 12.1 Å². The maximum Gasteiger partial charge on any atom is 0.274 e. The van der Waals surface area contributed by atoms with Crippen LogP contribution in [-0.2, 0) is 11.3 Å². The maximum absolute atomic E-state index is 11.7. The molecule has 0 unspecified atom stereocenters. The zero-order valence-corrected chi connectivity index (χ0v) is 12.1. The highest BCUT2D eigenvalue weighted by Gasteiger charge is 2.07. The van der Waals surface area contributed by atoms with Crippen LogP contribution in [0.2, 0.25) is 10.0 Å². The molecule has 2 rings (SSSR count). The Kier molecular flexibility index (Phi) is 5.47. The van der Waals surface area contributed by atoms with Crippen molar-refractivity contribution in [2.24, 2.45) is 0 Å². The minimum atomic E-state index is -0.360. The molecule has 0 fully saturated rings. The number of aryl methyl sites for hydroxylation is 1. The molecule has 0 radical (unpaired) electrons. The van der Waals surface area contributed by atoms with E-state index >= 15 is 0 Å². The van der Waals surface area contributed by atoms with Crippen LogP contribution in [0.3, 0.4) is 0 Å². The molecule has 0 atom stereocenters. The summed E-state index contributed by atoms with van der Waals surface area (Å²) >= 11 is 11.6. The number of hydroxylamine groups is 1. The summed E-state index contributed by atoms with van der Waals surface area (Å²) in [6, 6.07) is 8.37. The maximum atomic E-state index is 11.7. The van der Waals surface area contributed by atoms with Crippen LogP contribution in [0.1, 0.15) is 22.5 Å². The van der Waals surface area contributed by atoms with Crippen molar-refractivity contribution >= 4 is 29.1 Å². The first-order chi connectivity index (χ1) is 9.66. The van der Waals surface area contributed by atoms with Crippen LogP contribution in [0.5, 0.6) is 0 Å². The molecule has 0 spiro atoms. The highest BCUT2D eigenvalue weighted by Crippen LogP contribution is 2.22. The third kappa shape index (κ3) is 4.27. The van der Waals surface area contributed by atoms with Crippen molar-refractivity contribution in [3.8, 4) is 0 Å². The van der Waals surface area contributed by atoms with Crippen LogP contribution >= 0.6 is 23.2 Å². The van der Waals surface area contributed by atoms with E-state index in [-0.39, 0.29) is 5.91 Å². The van der Waals surface area contributed by atoms with Gasteiger partial charge in [-0.25, -0.2) is 5.48 Å². The second-order valence-corrected chi connectivity index (χ2v) is 4.91. The highest BCUT2D eigenvalue weighted by atomic mass is 35.5. The molecule has 0 aliphatic carbocycles. The average Bonchev–Trinajstić information content (AvgIpc) is 2.94. The Morgan fingerprint density at radius 1 is 1.25 bits per heavy atom. The fraction of sp³-hybridized carbons (Fsp3) is 0.214. The Morgan fingerprint density at radius 2 is 2.10 bits per heavy atom. The summed E-state index contributed by atoms with van der Waals surface area (Å²) in [6.07, 6.45) is 3.13. The molecule has 1 aromatic heterocycles. The smallest absolute Gasteiger partial charge is 0.274 e. The first-order valence-electron chi connectivity index (χ1n) is 6.06. The molecule has 0 saturated heterocycles. The lowest BCUT2D eigenvalue weighted by molar-refractivity contribution is 0.0301. The number of carbonyl (C=O) groups is 1. The van der Waals surface area contributed by atoms with E-state index in [2.05, 4.69) is 5.48 Å². The molecule has 0 aliphatic heterocycles. The van der Waals surface area contributed by atoms with Crippen LogP contribution < -0.4 is 5.48 Å². The predicted molar refractivity (Wildman–Crippen MR) is 76.9 cm³/mol. The lowest BCUT2D eigenvalue weighted by Gasteiger charge is -2.06. The number of furan rings is 1. The van der Waals surface area contributed by atoms with Crippen LogP contribution in [0.4, 0.5) is 0 Å². The third-order valence-electron chi connectivity index (χ3n) is 2.60. The average molecular weight is 314 g/mol. The van der Waals surface area contributed by atoms with E-state index in [0.29, 0.717) is 22.2 Å². The molecule has 106 valence electrons. The van der Waals surface area contributed by atoms with Gasteiger partial charge < -0.3 is 4.42 Å². The molecule has 1 amide bonds. The fourth-order valence-electron chi connectivity index (χ4n) is 1.59. The van der Waals surface area contributed by atoms with E-state index in [4.69, 9.17) is 32.5 Å². The fourth-order valence-corrected chi connectivity index (χ4v) is 1.88. The number of nitrogens with one attached hydrogen (secondary N) is 1. The minimum absolute atomic E-state index is 0.331. The Balaban J connectivity index is 1.70. The van der Waals surface area contributed by atoms with Gasteiger partial charge in [-0.1, -0.05) is 23.2 Å². The predicted octanol–water partition coefficient (Wildman–Crippen LogP) is 3.88. The molecule has 1 N–H and O–H groups in total. The van der Waals surface area contributed by atoms with Gasteiger partial charge in [-0.2, -0.15) is 0 Å². The number of carbonyl (C=O) groups excluding carboxylic acids is 1. The van der Waals surface area contributed by atoms with Gasteiger partial charge in [-0.3, -0.25) is 9.63 Å². The van der Waals surface area contributed by atoms with Crippen LogP contribution in [0.15, 0.2) is 41.0 Å². The minimum Gasteiger partial charge on any atom is -0.469 e. The lowest BCUT2D eigenvalue weighted by Crippen LogP contribution is -2.24. The number of hydrogen-bond donors (Lipinski definition) is 1. The van der Waals surface area contributed by atoms with E-state index in [1.54, 1.807) is 18.4 Å². The molecular formula is C14H13Cl2NO3. The number of halogens is 2.